The van der Waals surface area contributed by atoms with Gasteiger partial charge in [0.1, 0.15) is 6.61 Å². The number of hydrogen-bond donors (Lipinski definition) is 1. The van der Waals surface area contributed by atoms with Gasteiger partial charge in [-0.2, -0.15) is 0 Å². The Morgan fingerprint density at radius 3 is 2.58 bits per heavy atom. The molecule has 4 heteroatoms. The van der Waals surface area contributed by atoms with E-state index in [4.69, 9.17) is 14.2 Å². The van der Waals surface area contributed by atoms with Crippen LogP contribution in [0.5, 0.6) is 11.5 Å². The molecule has 0 aliphatic rings. The molecule has 0 fully saturated rings. The van der Waals surface area contributed by atoms with Gasteiger partial charge in [-0.05, 0) is 38.1 Å². The molecular weight excluding hydrogens is 242 g/mol. The second-order valence-corrected chi connectivity index (χ2v) is 4.53. The summed E-state index contributed by atoms with van der Waals surface area (Å²) in [7, 11) is 1.66. The first-order chi connectivity index (χ1) is 9.17. The van der Waals surface area contributed by atoms with E-state index in [1.807, 2.05) is 32.0 Å². The van der Waals surface area contributed by atoms with Crippen molar-refractivity contribution in [1.29, 1.82) is 0 Å². The topological polar surface area (TPSA) is 39.7 Å². The zero-order valence-electron chi connectivity index (χ0n) is 12.4. The van der Waals surface area contributed by atoms with Gasteiger partial charge in [0.05, 0.1) is 19.8 Å². The number of methoxy groups -OCH3 is 1. The van der Waals surface area contributed by atoms with Gasteiger partial charge in [-0.25, -0.2) is 0 Å². The Kier molecular flexibility index (Phi) is 7.30. The summed E-state index contributed by atoms with van der Waals surface area (Å²) in [6, 6.07) is 5.99. The molecule has 0 aromatic heterocycles. The van der Waals surface area contributed by atoms with Gasteiger partial charge in [-0.3, -0.25) is 0 Å². The minimum Gasteiger partial charge on any atom is -0.493 e. The molecular formula is C15H25NO3. The van der Waals surface area contributed by atoms with Gasteiger partial charge >= 0.3 is 0 Å². The van der Waals surface area contributed by atoms with Crippen LogP contribution in [0.2, 0.25) is 0 Å². The van der Waals surface area contributed by atoms with Crippen LogP contribution in [0.25, 0.3) is 0 Å². The first kappa shape index (κ1) is 15.8. The van der Waals surface area contributed by atoms with Crippen molar-refractivity contribution >= 4 is 0 Å². The highest BCUT2D eigenvalue weighted by molar-refractivity contribution is 5.42. The Morgan fingerprint density at radius 1 is 1.16 bits per heavy atom. The Morgan fingerprint density at radius 2 is 1.95 bits per heavy atom. The van der Waals surface area contributed by atoms with Crippen LogP contribution in [0.3, 0.4) is 0 Å². The first-order valence-corrected chi connectivity index (χ1v) is 6.79. The molecule has 0 aliphatic heterocycles. The van der Waals surface area contributed by atoms with Crippen LogP contribution < -0.4 is 14.8 Å². The standard InChI is InChI=1S/C15H25NO3/c1-5-16-11-13-6-7-14(15(10-13)17-4)19-9-8-18-12(2)3/h6-7,10,12,16H,5,8-9,11H2,1-4H3. The smallest absolute Gasteiger partial charge is 0.161 e. The minimum atomic E-state index is 0.230. The molecule has 0 atom stereocenters. The maximum Gasteiger partial charge on any atom is 0.161 e. The molecule has 0 heterocycles. The van der Waals surface area contributed by atoms with E-state index in [2.05, 4.69) is 12.2 Å². The van der Waals surface area contributed by atoms with Crippen LogP contribution in [0.15, 0.2) is 18.2 Å². The summed E-state index contributed by atoms with van der Waals surface area (Å²) in [5, 5.41) is 3.28. The van der Waals surface area contributed by atoms with Gasteiger partial charge in [0, 0.05) is 6.54 Å². The van der Waals surface area contributed by atoms with E-state index in [9.17, 15) is 0 Å². The van der Waals surface area contributed by atoms with Crippen LogP contribution in [0, 0.1) is 0 Å². The van der Waals surface area contributed by atoms with E-state index < -0.39 is 0 Å². The molecule has 0 saturated carbocycles. The van der Waals surface area contributed by atoms with Crippen molar-refractivity contribution in [2.45, 2.75) is 33.4 Å². The van der Waals surface area contributed by atoms with Crippen LogP contribution in [-0.2, 0) is 11.3 Å². The molecule has 19 heavy (non-hydrogen) atoms. The fourth-order valence-corrected chi connectivity index (χ4v) is 1.65. The summed E-state index contributed by atoms with van der Waals surface area (Å²) < 4.78 is 16.5. The van der Waals surface area contributed by atoms with E-state index in [0.717, 1.165) is 24.6 Å². The molecule has 1 rings (SSSR count). The average Bonchev–Trinajstić information content (AvgIpc) is 2.41. The molecule has 1 aromatic rings. The molecule has 0 bridgehead atoms. The summed E-state index contributed by atoms with van der Waals surface area (Å²) in [4.78, 5) is 0. The SMILES string of the molecule is CCNCc1ccc(OCCOC(C)C)c(OC)c1. The largest absolute Gasteiger partial charge is 0.493 e. The van der Waals surface area contributed by atoms with E-state index in [-0.39, 0.29) is 6.10 Å². The predicted molar refractivity (Wildman–Crippen MR) is 77.0 cm³/mol. The van der Waals surface area contributed by atoms with Crippen molar-refractivity contribution in [3.05, 3.63) is 23.8 Å². The molecule has 1 N–H and O–H groups in total. The molecule has 0 radical (unpaired) electrons. The lowest BCUT2D eigenvalue weighted by Gasteiger charge is -2.13. The summed E-state index contributed by atoms with van der Waals surface area (Å²) in [5.74, 6) is 1.52. The molecule has 1 aromatic carbocycles. The molecule has 0 unspecified atom stereocenters. The first-order valence-electron chi connectivity index (χ1n) is 6.79. The molecule has 0 aliphatic carbocycles. The lowest BCUT2D eigenvalue weighted by molar-refractivity contribution is 0.0547. The normalized spacial score (nSPS) is 10.8. The van der Waals surface area contributed by atoms with E-state index in [0.29, 0.717) is 13.2 Å². The van der Waals surface area contributed by atoms with Gasteiger partial charge in [-0.15, -0.1) is 0 Å². The highest BCUT2D eigenvalue weighted by Gasteiger charge is 2.05. The molecule has 0 amide bonds. The number of rotatable bonds is 9. The lowest BCUT2D eigenvalue weighted by Crippen LogP contribution is -2.13. The number of ether oxygens (including phenoxy) is 3. The van der Waals surface area contributed by atoms with Crippen LogP contribution in [0.4, 0.5) is 0 Å². The fourth-order valence-electron chi connectivity index (χ4n) is 1.65. The van der Waals surface area contributed by atoms with Crippen molar-refractivity contribution in [2.75, 3.05) is 26.9 Å². The second-order valence-electron chi connectivity index (χ2n) is 4.53. The molecule has 0 spiro atoms. The number of hydrogen-bond acceptors (Lipinski definition) is 4. The predicted octanol–water partition coefficient (Wildman–Crippen LogP) is 2.61. The second kappa shape index (κ2) is 8.77. The van der Waals surface area contributed by atoms with Gasteiger partial charge in [-0.1, -0.05) is 13.0 Å². The third kappa shape index (κ3) is 5.94. The van der Waals surface area contributed by atoms with Crippen LogP contribution >= 0.6 is 0 Å². The molecule has 4 nitrogen and oxygen atoms in total. The third-order valence-electron chi connectivity index (χ3n) is 2.60. The molecule has 108 valence electrons. The van der Waals surface area contributed by atoms with Crippen molar-refractivity contribution in [1.82, 2.24) is 5.32 Å². The highest BCUT2D eigenvalue weighted by Crippen LogP contribution is 2.27. The summed E-state index contributed by atoms with van der Waals surface area (Å²) in [6.45, 7) is 9.01. The average molecular weight is 267 g/mol. The Bertz CT molecular complexity index is 366. The van der Waals surface area contributed by atoms with Gasteiger partial charge in [0.25, 0.3) is 0 Å². The maximum absolute atomic E-state index is 5.67. The van der Waals surface area contributed by atoms with E-state index >= 15 is 0 Å². The minimum absolute atomic E-state index is 0.230. The zero-order valence-corrected chi connectivity index (χ0v) is 12.4. The summed E-state index contributed by atoms with van der Waals surface area (Å²) in [6.07, 6.45) is 0.230. The summed E-state index contributed by atoms with van der Waals surface area (Å²) >= 11 is 0. The van der Waals surface area contributed by atoms with Gasteiger partial charge < -0.3 is 19.5 Å². The van der Waals surface area contributed by atoms with Crippen molar-refractivity contribution in [2.24, 2.45) is 0 Å². The Balaban J connectivity index is 2.52. The highest BCUT2D eigenvalue weighted by atomic mass is 16.5. The maximum atomic E-state index is 5.67. The lowest BCUT2D eigenvalue weighted by atomic mass is 10.2. The number of nitrogens with one attached hydrogen (secondary N) is 1. The van der Waals surface area contributed by atoms with Crippen molar-refractivity contribution < 1.29 is 14.2 Å². The van der Waals surface area contributed by atoms with Crippen LogP contribution in [-0.4, -0.2) is 33.0 Å². The van der Waals surface area contributed by atoms with E-state index in [1.165, 1.54) is 5.56 Å². The van der Waals surface area contributed by atoms with E-state index in [1.54, 1.807) is 7.11 Å². The third-order valence-corrected chi connectivity index (χ3v) is 2.60. The summed E-state index contributed by atoms with van der Waals surface area (Å²) in [5.41, 5.74) is 1.18. The quantitative estimate of drug-likeness (QED) is 0.698. The molecule has 0 saturated heterocycles. The fraction of sp³-hybridized carbons (Fsp3) is 0.600. The zero-order chi connectivity index (χ0) is 14.1. The van der Waals surface area contributed by atoms with Crippen LogP contribution in [0.1, 0.15) is 26.3 Å². The van der Waals surface area contributed by atoms with Gasteiger partial charge in [0.2, 0.25) is 0 Å². The monoisotopic (exact) mass is 267 g/mol. The van der Waals surface area contributed by atoms with Gasteiger partial charge in [0.15, 0.2) is 11.5 Å². The Labute approximate surface area is 116 Å². The number of benzene rings is 1. The Hall–Kier alpha value is -1.26. The van der Waals surface area contributed by atoms with Crippen molar-refractivity contribution in [3.63, 3.8) is 0 Å². The van der Waals surface area contributed by atoms with Crippen molar-refractivity contribution in [3.8, 4) is 11.5 Å².